The van der Waals surface area contributed by atoms with Gasteiger partial charge in [-0.05, 0) is 19.3 Å². The van der Waals surface area contributed by atoms with Crippen molar-refractivity contribution in [2.75, 3.05) is 7.11 Å². The van der Waals surface area contributed by atoms with E-state index in [0.717, 1.165) is 0 Å². The average molecular weight is 172 g/mol. The Bertz CT molecular complexity index is 173. The summed E-state index contributed by atoms with van der Waals surface area (Å²) >= 11 is 0. The van der Waals surface area contributed by atoms with E-state index in [1.54, 1.807) is 0 Å². The number of esters is 1. The van der Waals surface area contributed by atoms with Gasteiger partial charge in [0.05, 0.1) is 7.11 Å². The molecule has 0 radical (unpaired) electrons. The summed E-state index contributed by atoms with van der Waals surface area (Å²) < 4.78 is 4.51. The van der Waals surface area contributed by atoms with Crippen molar-refractivity contribution in [3.05, 3.63) is 0 Å². The van der Waals surface area contributed by atoms with Crippen LogP contribution in [0, 0.1) is 11.8 Å². The van der Waals surface area contributed by atoms with E-state index >= 15 is 0 Å². The van der Waals surface area contributed by atoms with E-state index in [2.05, 4.69) is 4.74 Å². The first-order chi connectivity index (χ1) is 5.49. The van der Waals surface area contributed by atoms with Gasteiger partial charge >= 0.3 is 5.97 Å². The lowest BCUT2D eigenvalue weighted by Gasteiger charge is -2.12. The van der Waals surface area contributed by atoms with Crippen LogP contribution in [0.3, 0.4) is 0 Å². The van der Waals surface area contributed by atoms with Gasteiger partial charge in [0, 0.05) is 0 Å². The number of carbonyl (C=O) groups excluding carboxylic acids is 2. The zero-order valence-electron chi connectivity index (χ0n) is 8.09. The highest BCUT2D eigenvalue weighted by atomic mass is 16.5. The second kappa shape index (κ2) is 4.91. The Morgan fingerprint density at radius 2 is 1.83 bits per heavy atom. The lowest BCUT2D eigenvalue weighted by molar-refractivity contribution is -0.149. The van der Waals surface area contributed by atoms with Gasteiger partial charge < -0.3 is 4.74 Å². The highest BCUT2D eigenvalue weighted by Gasteiger charge is 2.24. The molecule has 0 aliphatic carbocycles. The SMILES string of the molecule is COC(=O)[C@H](CC(C)C)C(C)=O. The standard InChI is InChI=1S/C9H16O3/c1-6(2)5-8(7(3)10)9(11)12-4/h6,8H,5H2,1-4H3/t8-/m1/s1. The summed E-state index contributed by atoms with van der Waals surface area (Å²) in [6.45, 7) is 5.36. The van der Waals surface area contributed by atoms with Crippen molar-refractivity contribution in [3.8, 4) is 0 Å². The number of Topliss-reactive ketones (excluding diaryl/α,β-unsaturated/α-hetero) is 1. The van der Waals surface area contributed by atoms with Gasteiger partial charge in [-0.2, -0.15) is 0 Å². The van der Waals surface area contributed by atoms with Gasteiger partial charge in [-0.25, -0.2) is 0 Å². The maximum Gasteiger partial charge on any atom is 0.316 e. The molecule has 0 unspecified atom stereocenters. The van der Waals surface area contributed by atoms with Crippen LogP contribution in [0.5, 0.6) is 0 Å². The molecule has 0 rings (SSSR count). The van der Waals surface area contributed by atoms with Crippen molar-refractivity contribution < 1.29 is 14.3 Å². The smallest absolute Gasteiger partial charge is 0.316 e. The first-order valence-electron chi connectivity index (χ1n) is 4.07. The second-order valence-electron chi connectivity index (χ2n) is 3.32. The van der Waals surface area contributed by atoms with Gasteiger partial charge in [0.2, 0.25) is 0 Å². The van der Waals surface area contributed by atoms with Crippen molar-refractivity contribution in [3.63, 3.8) is 0 Å². The molecule has 0 N–H and O–H groups in total. The van der Waals surface area contributed by atoms with E-state index < -0.39 is 11.9 Å². The van der Waals surface area contributed by atoms with Crippen LogP contribution >= 0.6 is 0 Å². The third-order valence-electron chi connectivity index (χ3n) is 1.68. The third-order valence-corrected chi connectivity index (χ3v) is 1.68. The fraction of sp³-hybridized carbons (Fsp3) is 0.778. The summed E-state index contributed by atoms with van der Waals surface area (Å²) in [7, 11) is 1.30. The molecule has 0 heterocycles. The zero-order valence-corrected chi connectivity index (χ0v) is 8.09. The van der Waals surface area contributed by atoms with Crippen LogP contribution in [0.4, 0.5) is 0 Å². The van der Waals surface area contributed by atoms with Crippen LogP contribution in [0.1, 0.15) is 27.2 Å². The Morgan fingerprint density at radius 1 is 1.33 bits per heavy atom. The number of carbonyl (C=O) groups is 2. The maximum atomic E-state index is 11.0. The first-order valence-corrected chi connectivity index (χ1v) is 4.07. The van der Waals surface area contributed by atoms with Gasteiger partial charge in [0.25, 0.3) is 0 Å². The predicted molar refractivity (Wildman–Crippen MR) is 45.6 cm³/mol. The molecule has 0 spiro atoms. The van der Waals surface area contributed by atoms with E-state index in [0.29, 0.717) is 12.3 Å². The predicted octanol–water partition coefficient (Wildman–Crippen LogP) is 1.41. The molecule has 3 heteroatoms. The number of ketones is 1. The maximum absolute atomic E-state index is 11.0. The number of methoxy groups -OCH3 is 1. The van der Waals surface area contributed by atoms with Gasteiger partial charge in [0.15, 0.2) is 0 Å². The molecule has 0 fully saturated rings. The molecule has 0 saturated heterocycles. The van der Waals surface area contributed by atoms with E-state index in [1.165, 1.54) is 14.0 Å². The summed E-state index contributed by atoms with van der Waals surface area (Å²) in [4.78, 5) is 22.0. The number of hydrogen-bond donors (Lipinski definition) is 0. The van der Waals surface area contributed by atoms with Gasteiger partial charge in [-0.15, -0.1) is 0 Å². The minimum atomic E-state index is -0.574. The molecule has 0 aliphatic heterocycles. The topological polar surface area (TPSA) is 43.4 Å². The van der Waals surface area contributed by atoms with Gasteiger partial charge in [-0.1, -0.05) is 13.8 Å². The first kappa shape index (κ1) is 11.1. The lowest BCUT2D eigenvalue weighted by atomic mass is 9.94. The molecule has 12 heavy (non-hydrogen) atoms. The van der Waals surface area contributed by atoms with Crippen LogP contribution in [-0.2, 0) is 14.3 Å². The fourth-order valence-electron chi connectivity index (χ4n) is 1.04. The van der Waals surface area contributed by atoms with E-state index in [4.69, 9.17) is 0 Å². The summed E-state index contributed by atoms with van der Waals surface area (Å²) in [5.74, 6) is -0.778. The fourth-order valence-corrected chi connectivity index (χ4v) is 1.04. The van der Waals surface area contributed by atoms with Crippen molar-refractivity contribution in [1.29, 1.82) is 0 Å². The highest BCUT2D eigenvalue weighted by Crippen LogP contribution is 2.13. The molecule has 0 aliphatic rings. The monoisotopic (exact) mass is 172 g/mol. The third kappa shape index (κ3) is 3.51. The van der Waals surface area contributed by atoms with E-state index in [-0.39, 0.29) is 5.78 Å². The summed E-state index contributed by atoms with van der Waals surface area (Å²) in [6, 6.07) is 0. The lowest BCUT2D eigenvalue weighted by Crippen LogP contribution is -2.24. The van der Waals surface area contributed by atoms with Crippen molar-refractivity contribution >= 4 is 11.8 Å². The van der Waals surface area contributed by atoms with Gasteiger partial charge in [0.1, 0.15) is 11.7 Å². The molecule has 70 valence electrons. The van der Waals surface area contributed by atoms with Crippen LogP contribution in [0.2, 0.25) is 0 Å². The molecular formula is C9H16O3. The molecule has 0 saturated carbocycles. The summed E-state index contributed by atoms with van der Waals surface area (Å²) in [5, 5.41) is 0. The summed E-state index contributed by atoms with van der Waals surface area (Å²) in [5.41, 5.74) is 0. The second-order valence-corrected chi connectivity index (χ2v) is 3.32. The Labute approximate surface area is 73.1 Å². The molecule has 3 nitrogen and oxygen atoms in total. The Kier molecular flexibility index (Phi) is 4.55. The average Bonchev–Trinajstić information content (AvgIpc) is 1.98. The molecular weight excluding hydrogens is 156 g/mol. The minimum Gasteiger partial charge on any atom is -0.468 e. The number of ether oxygens (including phenoxy) is 1. The molecule has 0 aromatic rings. The Morgan fingerprint density at radius 3 is 2.08 bits per heavy atom. The number of rotatable bonds is 4. The van der Waals surface area contributed by atoms with E-state index in [9.17, 15) is 9.59 Å². The molecule has 0 amide bonds. The zero-order chi connectivity index (χ0) is 9.72. The molecule has 1 atom stereocenters. The summed E-state index contributed by atoms with van der Waals surface area (Å²) in [6.07, 6.45) is 0.571. The molecule has 0 aromatic carbocycles. The number of hydrogen-bond acceptors (Lipinski definition) is 3. The van der Waals surface area contributed by atoms with Crippen molar-refractivity contribution in [2.45, 2.75) is 27.2 Å². The van der Waals surface area contributed by atoms with Crippen LogP contribution in [0.25, 0.3) is 0 Å². The normalized spacial score (nSPS) is 12.8. The van der Waals surface area contributed by atoms with Gasteiger partial charge in [-0.3, -0.25) is 9.59 Å². The van der Waals surface area contributed by atoms with Crippen molar-refractivity contribution in [1.82, 2.24) is 0 Å². The highest BCUT2D eigenvalue weighted by molar-refractivity contribution is 5.97. The quantitative estimate of drug-likeness (QED) is 0.475. The Balaban J connectivity index is 4.23. The largest absolute Gasteiger partial charge is 0.468 e. The van der Waals surface area contributed by atoms with Crippen LogP contribution in [0.15, 0.2) is 0 Å². The van der Waals surface area contributed by atoms with Crippen molar-refractivity contribution in [2.24, 2.45) is 11.8 Å². The van der Waals surface area contributed by atoms with Crippen LogP contribution < -0.4 is 0 Å². The molecule has 0 aromatic heterocycles. The Hall–Kier alpha value is -0.860. The van der Waals surface area contributed by atoms with E-state index in [1.807, 2.05) is 13.8 Å². The minimum absolute atomic E-state index is 0.115. The van der Waals surface area contributed by atoms with Crippen LogP contribution in [-0.4, -0.2) is 18.9 Å². The molecule has 0 bridgehead atoms.